The molecule has 0 atom stereocenters. The van der Waals surface area contributed by atoms with Gasteiger partial charge in [0, 0.05) is 32.7 Å². The van der Waals surface area contributed by atoms with E-state index >= 15 is 0 Å². The Hall–Kier alpha value is -1.14. The summed E-state index contributed by atoms with van der Waals surface area (Å²) in [4.78, 5) is 23.7. The molecule has 6 nitrogen and oxygen atoms in total. The highest BCUT2D eigenvalue weighted by Gasteiger charge is 2.21. The third-order valence-corrected chi connectivity index (χ3v) is 2.59. The molecule has 1 saturated carbocycles. The van der Waals surface area contributed by atoms with E-state index in [4.69, 9.17) is 9.84 Å². The van der Waals surface area contributed by atoms with Crippen LogP contribution in [0.1, 0.15) is 19.3 Å². The summed E-state index contributed by atoms with van der Waals surface area (Å²) >= 11 is 0. The molecule has 2 N–H and O–H groups in total. The van der Waals surface area contributed by atoms with Crippen molar-refractivity contribution >= 4 is 11.9 Å². The van der Waals surface area contributed by atoms with Gasteiger partial charge in [0.2, 0.25) is 5.91 Å². The molecule has 17 heavy (non-hydrogen) atoms. The number of carbonyl (C=O) groups is 2. The van der Waals surface area contributed by atoms with Crippen LogP contribution in [-0.2, 0) is 14.3 Å². The maximum absolute atomic E-state index is 11.8. The summed E-state index contributed by atoms with van der Waals surface area (Å²) in [6, 6.07) is 0.565. The van der Waals surface area contributed by atoms with Crippen LogP contribution in [0.3, 0.4) is 0 Å². The third-order valence-electron chi connectivity index (χ3n) is 2.59. The van der Waals surface area contributed by atoms with Crippen molar-refractivity contribution in [3.8, 4) is 0 Å². The van der Waals surface area contributed by atoms with Gasteiger partial charge in [0.05, 0.1) is 6.61 Å². The maximum Gasteiger partial charge on any atom is 0.323 e. The lowest BCUT2D eigenvalue weighted by Crippen LogP contribution is -2.39. The number of ether oxygens (including phenoxy) is 1. The molecule has 1 amide bonds. The first kappa shape index (κ1) is 13.9. The van der Waals surface area contributed by atoms with E-state index < -0.39 is 5.97 Å². The normalized spacial score (nSPS) is 14.6. The zero-order valence-electron chi connectivity index (χ0n) is 10.1. The molecule has 0 saturated heterocycles. The molecule has 1 aliphatic rings. The fourth-order valence-corrected chi connectivity index (χ4v) is 1.49. The number of hydrogen-bond donors (Lipinski definition) is 2. The largest absolute Gasteiger partial charge is 0.480 e. The number of aliphatic carboxylic acids is 1. The van der Waals surface area contributed by atoms with Crippen LogP contribution < -0.4 is 5.32 Å². The molecular formula is C11H20N2O4. The molecule has 0 bridgehead atoms. The van der Waals surface area contributed by atoms with Crippen LogP contribution in [0.25, 0.3) is 0 Å². The third kappa shape index (κ3) is 6.23. The molecule has 98 valence electrons. The molecule has 1 rings (SSSR count). The van der Waals surface area contributed by atoms with Gasteiger partial charge in [-0.3, -0.25) is 9.59 Å². The Kier molecular flexibility index (Phi) is 5.93. The van der Waals surface area contributed by atoms with Gasteiger partial charge in [-0.1, -0.05) is 0 Å². The van der Waals surface area contributed by atoms with Crippen LogP contribution in [0, 0.1) is 0 Å². The van der Waals surface area contributed by atoms with Gasteiger partial charge < -0.3 is 20.1 Å². The predicted molar refractivity (Wildman–Crippen MR) is 61.7 cm³/mol. The summed E-state index contributed by atoms with van der Waals surface area (Å²) in [7, 11) is 1.53. The first-order valence-electron chi connectivity index (χ1n) is 5.85. The van der Waals surface area contributed by atoms with Crippen LogP contribution in [-0.4, -0.2) is 61.3 Å². The maximum atomic E-state index is 11.8. The van der Waals surface area contributed by atoms with Crippen molar-refractivity contribution in [2.75, 3.05) is 33.4 Å². The number of amides is 1. The van der Waals surface area contributed by atoms with Crippen LogP contribution >= 0.6 is 0 Å². The van der Waals surface area contributed by atoms with Crippen molar-refractivity contribution in [2.24, 2.45) is 0 Å². The second-order valence-electron chi connectivity index (χ2n) is 4.18. The highest BCUT2D eigenvalue weighted by Crippen LogP contribution is 2.18. The number of carboxylic acid groups (broad SMARTS) is 1. The highest BCUT2D eigenvalue weighted by molar-refractivity contribution is 5.81. The monoisotopic (exact) mass is 244 g/mol. The minimum atomic E-state index is -0.996. The van der Waals surface area contributed by atoms with E-state index in [1.807, 2.05) is 0 Å². The molecular weight excluding hydrogens is 224 g/mol. The minimum absolute atomic E-state index is 0.141. The van der Waals surface area contributed by atoms with Gasteiger partial charge in [-0.25, -0.2) is 0 Å². The van der Waals surface area contributed by atoms with E-state index in [1.165, 1.54) is 24.9 Å². The Balaban J connectivity index is 2.25. The summed E-state index contributed by atoms with van der Waals surface area (Å²) in [5, 5.41) is 11.9. The van der Waals surface area contributed by atoms with Crippen LogP contribution in [0.2, 0.25) is 0 Å². The molecule has 1 aliphatic carbocycles. The lowest BCUT2D eigenvalue weighted by molar-refractivity contribution is -0.144. The van der Waals surface area contributed by atoms with Gasteiger partial charge in [-0.05, 0) is 12.8 Å². The van der Waals surface area contributed by atoms with Gasteiger partial charge >= 0.3 is 5.97 Å². The van der Waals surface area contributed by atoms with E-state index in [0.717, 1.165) is 0 Å². The summed E-state index contributed by atoms with van der Waals surface area (Å²) < 4.78 is 4.85. The molecule has 0 aromatic carbocycles. The zero-order valence-corrected chi connectivity index (χ0v) is 10.1. The molecule has 0 radical (unpaired) electrons. The van der Waals surface area contributed by atoms with Crippen molar-refractivity contribution in [1.82, 2.24) is 10.2 Å². The number of rotatable bonds is 9. The molecule has 0 spiro atoms. The van der Waals surface area contributed by atoms with Crippen molar-refractivity contribution in [3.63, 3.8) is 0 Å². The summed E-state index contributed by atoms with van der Waals surface area (Å²) in [6.07, 6.45) is 2.70. The smallest absolute Gasteiger partial charge is 0.323 e. The van der Waals surface area contributed by atoms with Crippen LogP contribution in [0.4, 0.5) is 0 Å². The molecule has 0 unspecified atom stereocenters. The number of carboxylic acids is 1. The number of nitrogens with zero attached hydrogens (tertiary/aromatic N) is 1. The number of nitrogens with one attached hydrogen (secondary N) is 1. The Morgan fingerprint density at radius 3 is 2.71 bits per heavy atom. The van der Waals surface area contributed by atoms with Crippen molar-refractivity contribution in [1.29, 1.82) is 0 Å². The molecule has 0 aromatic rings. The van der Waals surface area contributed by atoms with Gasteiger partial charge in [-0.2, -0.15) is 0 Å². The predicted octanol–water partition coefficient (Wildman–Crippen LogP) is -0.312. The fraction of sp³-hybridized carbons (Fsp3) is 0.818. The average molecular weight is 244 g/mol. The van der Waals surface area contributed by atoms with E-state index in [-0.39, 0.29) is 12.5 Å². The van der Waals surface area contributed by atoms with Crippen molar-refractivity contribution in [2.45, 2.75) is 25.3 Å². The zero-order chi connectivity index (χ0) is 12.7. The standard InChI is InChI=1S/C11H20N2O4/c1-17-7-6-13(8-11(15)16)10(14)4-5-12-9-2-3-9/h9,12H,2-8H2,1H3,(H,15,16). The lowest BCUT2D eigenvalue weighted by Gasteiger charge is -2.20. The van der Waals surface area contributed by atoms with Gasteiger partial charge in [0.1, 0.15) is 6.54 Å². The summed E-state index contributed by atoms with van der Waals surface area (Å²) in [5.41, 5.74) is 0. The number of hydrogen-bond acceptors (Lipinski definition) is 4. The molecule has 0 aromatic heterocycles. The Bertz CT molecular complexity index is 266. The van der Waals surface area contributed by atoms with Gasteiger partial charge in [0.25, 0.3) is 0 Å². The quantitative estimate of drug-likeness (QED) is 0.581. The van der Waals surface area contributed by atoms with Gasteiger partial charge in [0.15, 0.2) is 0 Å². The molecule has 0 aliphatic heterocycles. The van der Waals surface area contributed by atoms with Crippen LogP contribution in [0.5, 0.6) is 0 Å². The first-order chi connectivity index (χ1) is 8.13. The molecule has 6 heteroatoms. The van der Waals surface area contributed by atoms with E-state index in [1.54, 1.807) is 0 Å². The van der Waals surface area contributed by atoms with E-state index in [9.17, 15) is 9.59 Å². The number of carbonyl (C=O) groups excluding carboxylic acids is 1. The molecule has 0 heterocycles. The number of methoxy groups -OCH3 is 1. The average Bonchev–Trinajstić information content (AvgIpc) is 3.07. The first-order valence-corrected chi connectivity index (χ1v) is 5.85. The Morgan fingerprint density at radius 2 is 2.18 bits per heavy atom. The van der Waals surface area contributed by atoms with Crippen LogP contribution in [0.15, 0.2) is 0 Å². The SMILES string of the molecule is COCCN(CC(=O)O)C(=O)CCNC1CC1. The van der Waals surface area contributed by atoms with E-state index in [0.29, 0.717) is 32.2 Å². The second kappa shape index (κ2) is 7.24. The minimum Gasteiger partial charge on any atom is -0.480 e. The Labute approximate surface area is 101 Å². The second-order valence-corrected chi connectivity index (χ2v) is 4.18. The fourth-order valence-electron chi connectivity index (χ4n) is 1.49. The van der Waals surface area contributed by atoms with Crippen molar-refractivity contribution < 1.29 is 19.4 Å². The Morgan fingerprint density at radius 1 is 1.47 bits per heavy atom. The van der Waals surface area contributed by atoms with E-state index in [2.05, 4.69) is 5.32 Å². The molecule has 1 fully saturated rings. The highest BCUT2D eigenvalue weighted by atomic mass is 16.5. The van der Waals surface area contributed by atoms with Gasteiger partial charge in [-0.15, -0.1) is 0 Å². The summed E-state index contributed by atoms with van der Waals surface area (Å²) in [5.74, 6) is -1.14. The van der Waals surface area contributed by atoms with Crippen molar-refractivity contribution in [3.05, 3.63) is 0 Å². The lowest BCUT2D eigenvalue weighted by atomic mass is 10.3. The summed E-state index contributed by atoms with van der Waals surface area (Å²) in [6.45, 7) is 1.04. The topological polar surface area (TPSA) is 78.9 Å².